The number of fused-ring (bicyclic) bond motifs is 1. The van der Waals surface area contributed by atoms with Crippen LogP contribution in [0.3, 0.4) is 0 Å². The Kier molecular flexibility index (Phi) is 3.40. The maximum atomic E-state index is 9.14. The Balaban J connectivity index is 2.40. The molecule has 1 N–H and O–H groups in total. The maximum Gasteiger partial charge on any atom is 0.0556 e. The Morgan fingerprint density at radius 2 is 2.00 bits per heavy atom. The van der Waals surface area contributed by atoms with Crippen LogP contribution < -0.4 is 4.90 Å². The zero-order valence-electron chi connectivity index (χ0n) is 10.6. The minimum Gasteiger partial charge on any atom is -0.396 e. The third-order valence-corrected chi connectivity index (χ3v) is 4.40. The third kappa shape index (κ3) is 2.31. The number of benzene rings is 1. The van der Waals surface area contributed by atoms with Crippen molar-refractivity contribution in [1.29, 1.82) is 0 Å². The summed E-state index contributed by atoms with van der Waals surface area (Å²) in [5, 5.41) is 12.6. The zero-order chi connectivity index (χ0) is 12.5. The Morgan fingerprint density at radius 3 is 2.71 bits per heavy atom. The van der Waals surface area contributed by atoms with E-state index in [0.29, 0.717) is 0 Å². The van der Waals surface area contributed by atoms with Crippen LogP contribution in [0.15, 0.2) is 29.6 Å². The number of anilines is 1. The summed E-state index contributed by atoms with van der Waals surface area (Å²) in [5.74, 6) is 0. The molecule has 2 nitrogen and oxygen atoms in total. The Bertz CT molecular complexity index is 504. The molecule has 0 bridgehead atoms. The molecule has 1 aromatic heterocycles. The lowest BCUT2D eigenvalue weighted by atomic mass is 9.98. The molecule has 92 valence electrons. The molecule has 17 heavy (non-hydrogen) atoms. The molecule has 0 fully saturated rings. The fourth-order valence-corrected chi connectivity index (χ4v) is 2.97. The summed E-state index contributed by atoms with van der Waals surface area (Å²) in [5.41, 5.74) is 1.22. The second-order valence-electron chi connectivity index (χ2n) is 4.96. The van der Waals surface area contributed by atoms with E-state index in [1.165, 1.54) is 15.8 Å². The molecule has 0 amide bonds. The molecule has 1 aromatic carbocycles. The third-order valence-electron chi connectivity index (χ3n) is 3.45. The van der Waals surface area contributed by atoms with Crippen molar-refractivity contribution in [3.05, 3.63) is 29.6 Å². The van der Waals surface area contributed by atoms with Gasteiger partial charge >= 0.3 is 0 Å². The number of aliphatic hydroxyl groups excluding tert-OH is 1. The molecule has 1 heterocycles. The Hall–Kier alpha value is -1.06. The maximum absolute atomic E-state index is 9.14. The van der Waals surface area contributed by atoms with Crippen molar-refractivity contribution < 1.29 is 5.11 Å². The average molecular weight is 249 g/mol. The van der Waals surface area contributed by atoms with Crippen molar-refractivity contribution in [1.82, 2.24) is 0 Å². The molecule has 0 aliphatic carbocycles. The summed E-state index contributed by atoms with van der Waals surface area (Å²) in [7, 11) is 2.10. The van der Waals surface area contributed by atoms with E-state index in [1.807, 2.05) is 0 Å². The number of hydrogen-bond acceptors (Lipinski definition) is 3. The highest BCUT2D eigenvalue weighted by Crippen LogP contribution is 2.35. The van der Waals surface area contributed by atoms with Gasteiger partial charge < -0.3 is 10.0 Å². The largest absolute Gasteiger partial charge is 0.396 e. The van der Waals surface area contributed by atoms with Gasteiger partial charge in [0.05, 0.1) is 5.69 Å². The van der Waals surface area contributed by atoms with E-state index >= 15 is 0 Å². The number of hydrogen-bond donors (Lipinski definition) is 1. The fourth-order valence-electron chi connectivity index (χ4n) is 1.99. The lowest BCUT2D eigenvalue weighted by Crippen LogP contribution is -2.41. The van der Waals surface area contributed by atoms with Gasteiger partial charge in [0.1, 0.15) is 0 Å². The van der Waals surface area contributed by atoms with Gasteiger partial charge in [0.15, 0.2) is 0 Å². The highest BCUT2D eigenvalue weighted by atomic mass is 32.1. The molecular formula is C14H19NOS. The molecule has 0 atom stereocenters. The molecule has 0 radical (unpaired) electrons. The first-order valence-corrected chi connectivity index (χ1v) is 6.75. The van der Waals surface area contributed by atoms with Crippen LogP contribution >= 0.6 is 11.3 Å². The molecule has 3 heteroatoms. The highest BCUT2D eigenvalue weighted by Gasteiger charge is 2.24. The number of nitrogens with zero attached hydrogens (tertiary/aromatic N) is 1. The lowest BCUT2D eigenvalue weighted by Gasteiger charge is -2.36. The zero-order valence-corrected chi connectivity index (χ0v) is 11.4. The normalized spacial score (nSPS) is 12.0. The van der Waals surface area contributed by atoms with Gasteiger partial charge in [-0.1, -0.05) is 18.2 Å². The first kappa shape index (κ1) is 12.4. The minimum absolute atomic E-state index is 0.0292. The SMILES string of the molecule is CN(c1csc2ccccc12)C(C)(C)CCO. The smallest absolute Gasteiger partial charge is 0.0556 e. The molecule has 0 aliphatic rings. The van der Waals surface area contributed by atoms with Crippen LogP contribution in [0.1, 0.15) is 20.3 Å². The topological polar surface area (TPSA) is 23.5 Å². The van der Waals surface area contributed by atoms with Gasteiger partial charge in [0.2, 0.25) is 0 Å². The number of aliphatic hydroxyl groups is 1. The summed E-state index contributed by atoms with van der Waals surface area (Å²) in [4.78, 5) is 2.27. The van der Waals surface area contributed by atoms with Gasteiger partial charge in [0.25, 0.3) is 0 Å². The van der Waals surface area contributed by atoms with Gasteiger partial charge in [-0.05, 0) is 26.3 Å². The quantitative estimate of drug-likeness (QED) is 0.896. The number of rotatable bonds is 4. The van der Waals surface area contributed by atoms with E-state index in [2.05, 4.69) is 55.4 Å². The lowest BCUT2D eigenvalue weighted by molar-refractivity contribution is 0.250. The first-order chi connectivity index (χ1) is 8.06. The van der Waals surface area contributed by atoms with Crippen LogP contribution in [0, 0.1) is 0 Å². The van der Waals surface area contributed by atoms with Crippen LogP contribution in [-0.2, 0) is 0 Å². The van der Waals surface area contributed by atoms with Gasteiger partial charge in [-0.2, -0.15) is 0 Å². The highest BCUT2D eigenvalue weighted by molar-refractivity contribution is 7.17. The van der Waals surface area contributed by atoms with E-state index in [0.717, 1.165) is 6.42 Å². The molecule has 0 spiro atoms. The molecule has 0 unspecified atom stereocenters. The molecular weight excluding hydrogens is 230 g/mol. The minimum atomic E-state index is -0.0292. The Morgan fingerprint density at radius 1 is 1.29 bits per heavy atom. The van der Waals surface area contributed by atoms with Crippen LogP contribution in [0.25, 0.3) is 10.1 Å². The van der Waals surface area contributed by atoms with Crippen molar-refractivity contribution in [2.75, 3.05) is 18.6 Å². The van der Waals surface area contributed by atoms with Crippen molar-refractivity contribution in [3.63, 3.8) is 0 Å². The Labute approximate surface area is 106 Å². The average Bonchev–Trinajstić information content (AvgIpc) is 2.71. The molecule has 0 saturated heterocycles. The van der Waals surface area contributed by atoms with Gasteiger partial charge in [-0.15, -0.1) is 11.3 Å². The van der Waals surface area contributed by atoms with E-state index in [9.17, 15) is 0 Å². The van der Waals surface area contributed by atoms with Gasteiger partial charge in [-0.3, -0.25) is 0 Å². The second kappa shape index (κ2) is 4.67. The van der Waals surface area contributed by atoms with Crippen molar-refractivity contribution in [2.24, 2.45) is 0 Å². The van der Waals surface area contributed by atoms with Crippen molar-refractivity contribution >= 4 is 27.1 Å². The summed E-state index contributed by atoms with van der Waals surface area (Å²) < 4.78 is 1.31. The second-order valence-corrected chi connectivity index (χ2v) is 5.87. The summed E-state index contributed by atoms with van der Waals surface area (Å²) >= 11 is 1.77. The van der Waals surface area contributed by atoms with Crippen LogP contribution in [0.4, 0.5) is 5.69 Å². The first-order valence-electron chi connectivity index (χ1n) is 5.87. The van der Waals surface area contributed by atoms with E-state index in [-0.39, 0.29) is 12.1 Å². The molecule has 2 rings (SSSR count). The summed E-state index contributed by atoms with van der Waals surface area (Å²) in [6.07, 6.45) is 0.772. The molecule has 2 aromatic rings. The molecule has 0 saturated carbocycles. The van der Waals surface area contributed by atoms with Crippen molar-refractivity contribution in [3.8, 4) is 0 Å². The predicted octanol–water partition coefficient (Wildman–Crippen LogP) is 3.50. The van der Waals surface area contributed by atoms with Gasteiger partial charge in [-0.25, -0.2) is 0 Å². The van der Waals surface area contributed by atoms with E-state index in [1.54, 1.807) is 11.3 Å². The molecule has 0 aliphatic heterocycles. The fraction of sp³-hybridized carbons (Fsp3) is 0.429. The monoisotopic (exact) mass is 249 g/mol. The van der Waals surface area contributed by atoms with E-state index < -0.39 is 0 Å². The predicted molar refractivity (Wildman–Crippen MR) is 76.0 cm³/mol. The number of thiophene rings is 1. The van der Waals surface area contributed by atoms with E-state index in [4.69, 9.17) is 5.11 Å². The summed E-state index contributed by atoms with van der Waals surface area (Å²) in [6.45, 7) is 4.55. The summed E-state index contributed by atoms with van der Waals surface area (Å²) in [6, 6.07) is 8.45. The van der Waals surface area contributed by atoms with Crippen molar-refractivity contribution in [2.45, 2.75) is 25.8 Å². The van der Waals surface area contributed by atoms with Gasteiger partial charge in [0, 0.05) is 34.7 Å². The standard InChI is InChI=1S/C14H19NOS/c1-14(2,8-9-16)15(3)12-10-17-13-7-5-4-6-11(12)13/h4-7,10,16H,8-9H2,1-3H3. The van der Waals surface area contributed by atoms with Crippen LogP contribution in [-0.4, -0.2) is 24.3 Å². The van der Waals surface area contributed by atoms with Crippen LogP contribution in [0.5, 0.6) is 0 Å². The van der Waals surface area contributed by atoms with Crippen LogP contribution in [0.2, 0.25) is 0 Å².